The molecular weight excluding hydrogens is 331 g/mol. The van der Waals surface area contributed by atoms with E-state index in [0.717, 1.165) is 6.42 Å². The first-order chi connectivity index (χ1) is 11.4. The Morgan fingerprint density at radius 2 is 2.00 bits per heavy atom. The maximum Gasteiger partial charge on any atom is 0.227 e. The number of rotatable bonds is 6. The van der Waals surface area contributed by atoms with Gasteiger partial charge < -0.3 is 4.90 Å². The molecule has 0 bridgehead atoms. The highest BCUT2D eigenvalue weighted by Crippen LogP contribution is 2.12. The van der Waals surface area contributed by atoms with Crippen LogP contribution in [0.25, 0.3) is 0 Å². The van der Waals surface area contributed by atoms with Gasteiger partial charge in [-0.1, -0.05) is 25.5 Å². The van der Waals surface area contributed by atoms with Gasteiger partial charge in [-0.2, -0.15) is 0 Å². The van der Waals surface area contributed by atoms with Crippen molar-refractivity contribution in [2.45, 2.75) is 32.6 Å². The summed E-state index contributed by atoms with van der Waals surface area (Å²) in [6.07, 6.45) is 2.26. The summed E-state index contributed by atoms with van der Waals surface area (Å²) in [4.78, 5) is 14.1. The summed E-state index contributed by atoms with van der Waals surface area (Å²) in [7, 11) is -3.24. The Balaban J connectivity index is 1.94. The summed E-state index contributed by atoms with van der Waals surface area (Å²) in [6.45, 7) is 3.68. The second-order valence-electron chi connectivity index (χ2n) is 6.11. The third-order valence-electron chi connectivity index (χ3n) is 4.20. The molecule has 0 aromatic heterocycles. The summed E-state index contributed by atoms with van der Waals surface area (Å²) < 4.78 is 39.3. The van der Waals surface area contributed by atoms with Gasteiger partial charge in [-0.3, -0.25) is 4.79 Å². The molecule has 1 aliphatic rings. The summed E-state index contributed by atoms with van der Waals surface area (Å²) >= 11 is 0. The van der Waals surface area contributed by atoms with Gasteiger partial charge in [-0.25, -0.2) is 17.1 Å². The van der Waals surface area contributed by atoms with Crippen molar-refractivity contribution in [3.05, 3.63) is 35.6 Å². The van der Waals surface area contributed by atoms with Crippen molar-refractivity contribution in [3.8, 4) is 0 Å². The summed E-state index contributed by atoms with van der Waals surface area (Å²) in [5.74, 6) is -0.279. The summed E-state index contributed by atoms with van der Waals surface area (Å²) in [6, 6.07) is 6.01. The average molecular weight is 356 g/mol. The Kier molecular flexibility index (Phi) is 6.74. The third kappa shape index (κ3) is 5.27. The van der Waals surface area contributed by atoms with Crippen LogP contribution in [0.4, 0.5) is 4.39 Å². The van der Waals surface area contributed by atoms with Crippen LogP contribution in [0, 0.1) is 5.82 Å². The van der Waals surface area contributed by atoms with E-state index in [0.29, 0.717) is 44.6 Å². The lowest BCUT2D eigenvalue weighted by Crippen LogP contribution is -2.38. The first-order valence-electron chi connectivity index (χ1n) is 8.42. The molecule has 24 heavy (non-hydrogen) atoms. The summed E-state index contributed by atoms with van der Waals surface area (Å²) in [5.41, 5.74) is 0.636. The van der Waals surface area contributed by atoms with Crippen molar-refractivity contribution < 1.29 is 17.6 Å². The minimum Gasteiger partial charge on any atom is -0.341 e. The van der Waals surface area contributed by atoms with Crippen molar-refractivity contribution in [1.82, 2.24) is 9.21 Å². The standard InChI is InChI=1S/C17H25FN2O3S/c1-2-3-12-24(22,23)20-9-5-8-19(10-11-20)17(21)14-15-6-4-7-16(18)13-15/h4,6-7,13H,2-3,5,8-12,14H2,1H3. The maximum absolute atomic E-state index is 13.2. The Morgan fingerprint density at radius 1 is 1.21 bits per heavy atom. The number of hydrogen-bond donors (Lipinski definition) is 0. The monoisotopic (exact) mass is 356 g/mol. The molecule has 0 atom stereocenters. The van der Waals surface area contributed by atoms with E-state index in [1.807, 2.05) is 6.92 Å². The van der Waals surface area contributed by atoms with Gasteiger partial charge in [0.05, 0.1) is 12.2 Å². The van der Waals surface area contributed by atoms with Gasteiger partial charge in [0.15, 0.2) is 0 Å². The van der Waals surface area contributed by atoms with Gasteiger partial charge in [0.2, 0.25) is 15.9 Å². The zero-order valence-corrected chi connectivity index (χ0v) is 14.9. The van der Waals surface area contributed by atoms with Gasteiger partial charge in [0, 0.05) is 26.2 Å². The van der Waals surface area contributed by atoms with Gasteiger partial charge in [0.25, 0.3) is 0 Å². The molecule has 0 spiro atoms. The highest BCUT2D eigenvalue weighted by atomic mass is 32.2. The molecule has 2 rings (SSSR count). The minimum atomic E-state index is -3.24. The molecule has 1 amide bonds. The van der Waals surface area contributed by atoms with Crippen LogP contribution in [-0.2, 0) is 21.2 Å². The number of amides is 1. The molecule has 1 saturated heterocycles. The van der Waals surface area contributed by atoms with Crippen molar-refractivity contribution >= 4 is 15.9 Å². The van der Waals surface area contributed by atoms with Crippen molar-refractivity contribution in [1.29, 1.82) is 0 Å². The molecular formula is C17H25FN2O3S. The Labute approximate surface area is 143 Å². The van der Waals surface area contributed by atoms with Crippen molar-refractivity contribution in [2.75, 3.05) is 31.9 Å². The largest absolute Gasteiger partial charge is 0.341 e. The van der Waals surface area contributed by atoms with Crippen LogP contribution in [0.15, 0.2) is 24.3 Å². The lowest BCUT2D eigenvalue weighted by molar-refractivity contribution is -0.130. The highest BCUT2D eigenvalue weighted by molar-refractivity contribution is 7.89. The number of carbonyl (C=O) groups is 1. The van der Waals surface area contributed by atoms with Gasteiger partial charge in [-0.05, 0) is 30.5 Å². The molecule has 7 heteroatoms. The first kappa shape index (κ1) is 18.9. The molecule has 1 heterocycles. The van der Waals surface area contributed by atoms with Crippen LogP contribution in [0.5, 0.6) is 0 Å². The predicted molar refractivity (Wildman–Crippen MR) is 91.6 cm³/mol. The van der Waals surface area contributed by atoms with Crippen LogP contribution in [0.3, 0.4) is 0 Å². The van der Waals surface area contributed by atoms with Crippen LogP contribution < -0.4 is 0 Å². The normalized spacial score (nSPS) is 16.8. The number of unbranched alkanes of at least 4 members (excludes halogenated alkanes) is 1. The van der Waals surface area contributed by atoms with E-state index < -0.39 is 10.0 Å². The summed E-state index contributed by atoms with van der Waals surface area (Å²) in [5, 5.41) is 0. The number of halogens is 1. The molecule has 0 aliphatic carbocycles. The zero-order chi connectivity index (χ0) is 17.6. The maximum atomic E-state index is 13.2. The lowest BCUT2D eigenvalue weighted by atomic mass is 10.1. The second kappa shape index (κ2) is 8.58. The predicted octanol–water partition coefficient (Wildman–Crippen LogP) is 2.03. The Morgan fingerprint density at radius 3 is 2.71 bits per heavy atom. The van der Waals surface area contributed by atoms with E-state index >= 15 is 0 Å². The molecule has 5 nitrogen and oxygen atoms in total. The molecule has 0 radical (unpaired) electrons. The Hall–Kier alpha value is -1.47. The molecule has 1 aromatic carbocycles. The van der Waals surface area contributed by atoms with E-state index in [1.165, 1.54) is 16.4 Å². The molecule has 0 unspecified atom stereocenters. The van der Waals surface area contributed by atoms with Crippen molar-refractivity contribution in [2.24, 2.45) is 0 Å². The number of hydrogen-bond acceptors (Lipinski definition) is 3. The molecule has 1 aliphatic heterocycles. The lowest BCUT2D eigenvalue weighted by Gasteiger charge is -2.22. The average Bonchev–Trinajstić information content (AvgIpc) is 2.79. The van der Waals surface area contributed by atoms with Gasteiger partial charge in [-0.15, -0.1) is 0 Å². The van der Waals surface area contributed by atoms with Crippen LogP contribution in [-0.4, -0.2) is 55.5 Å². The van der Waals surface area contributed by atoms with E-state index in [-0.39, 0.29) is 23.9 Å². The second-order valence-corrected chi connectivity index (χ2v) is 8.20. The fourth-order valence-electron chi connectivity index (χ4n) is 2.81. The van der Waals surface area contributed by atoms with Gasteiger partial charge in [0.1, 0.15) is 5.82 Å². The number of nitrogens with zero attached hydrogens (tertiary/aromatic N) is 2. The Bertz CT molecular complexity index is 664. The third-order valence-corrected chi connectivity index (χ3v) is 6.16. The van der Waals surface area contributed by atoms with E-state index in [2.05, 4.69) is 0 Å². The molecule has 134 valence electrons. The molecule has 1 aromatic rings. The van der Waals surface area contributed by atoms with Crippen molar-refractivity contribution in [3.63, 3.8) is 0 Å². The molecule has 0 N–H and O–H groups in total. The van der Waals surface area contributed by atoms with Crippen LogP contribution >= 0.6 is 0 Å². The fourth-order valence-corrected chi connectivity index (χ4v) is 4.49. The zero-order valence-electron chi connectivity index (χ0n) is 14.1. The minimum absolute atomic E-state index is 0.0894. The quantitative estimate of drug-likeness (QED) is 0.784. The number of sulfonamides is 1. The van der Waals surface area contributed by atoms with E-state index in [4.69, 9.17) is 0 Å². The van der Waals surface area contributed by atoms with Crippen LogP contribution in [0.1, 0.15) is 31.7 Å². The van der Waals surface area contributed by atoms with Gasteiger partial charge >= 0.3 is 0 Å². The van der Waals surface area contributed by atoms with E-state index in [1.54, 1.807) is 17.0 Å². The van der Waals surface area contributed by atoms with E-state index in [9.17, 15) is 17.6 Å². The number of carbonyl (C=O) groups excluding carboxylic acids is 1. The van der Waals surface area contributed by atoms with Crippen LogP contribution in [0.2, 0.25) is 0 Å². The first-order valence-corrected chi connectivity index (χ1v) is 10.0. The fraction of sp³-hybridized carbons (Fsp3) is 0.588. The highest BCUT2D eigenvalue weighted by Gasteiger charge is 2.26. The number of benzene rings is 1. The molecule has 0 saturated carbocycles. The SMILES string of the molecule is CCCCS(=O)(=O)N1CCCN(C(=O)Cc2cccc(F)c2)CC1. The smallest absolute Gasteiger partial charge is 0.227 e. The topological polar surface area (TPSA) is 57.7 Å². The molecule has 1 fully saturated rings.